The van der Waals surface area contributed by atoms with Gasteiger partial charge >= 0.3 is 0 Å². The van der Waals surface area contributed by atoms with E-state index < -0.39 is 0 Å². The van der Waals surface area contributed by atoms with E-state index in [0.717, 1.165) is 19.5 Å². The highest BCUT2D eigenvalue weighted by Gasteiger charge is 2.35. The van der Waals surface area contributed by atoms with Crippen LogP contribution in [0, 0.1) is 0 Å². The van der Waals surface area contributed by atoms with Crippen molar-refractivity contribution in [2.45, 2.75) is 64.1 Å². The van der Waals surface area contributed by atoms with E-state index in [1.807, 2.05) is 6.92 Å². The quantitative estimate of drug-likeness (QED) is 0.822. The minimum absolute atomic E-state index is 0.0223. The van der Waals surface area contributed by atoms with Crippen LogP contribution in [-0.4, -0.2) is 53.5 Å². The van der Waals surface area contributed by atoms with Crippen molar-refractivity contribution in [3.63, 3.8) is 0 Å². The van der Waals surface area contributed by atoms with Gasteiger partial charge in [-0.2, -0.15) is 0 Å². The first kappa shape index (κ1) is 13.8. The van der Waals surface area contributed by atoms with Crippen molar-refractivity contribution >= 4 is 5.91 Å². The smallest absolute Gasteiger partial charge is 0.224 e. The van der Waals surface area contributed by atoms with Crippen LogP contribution in [0.3, 0.4) is 0 Å². The summed E-state index contributed by atoms with van der Waals surface area (Å²) < 4.78 is 0. The highest BCUT2D eigenvalue weighted by molar-refractivity contribution is 5.77. The fourth-order valence-corrected chi connectivity index (χ4v) is 3.19. The van der Waals surface area contributed by atoms with Gasteiger partial charge in [-0.15, -0.1) is 0 Å². The number of rotatable bonds is 3. The molecule has 2 N–H and O–H groups in total. The lowest BCUT2D eigenvalue weighted by molar-refractivity contribution is -0.138. The van der Waals surface area contributed by atoms with E-state index in [2.05, 4.69) is 16.7 Å². The predicted octanol–water partition coefficient (Wildman–Crippen LogP) is 1.20. The lowest BCUT2D eigenvalue weighted by Gasteiger charge is -2.47. The number of carbonyl (C=O) groups is 1. The zero-order valence-corrected chi connectivity index (χ0v) is 11.8. The molecule has 3 unspecified atom stereocenters. The van der Waals surface area contributed by atoms with E-state index in [4.69, 9.17) is 5.73 Å². The molecule has 2 heterocycles. The summed E-state index contributed by atoms with van der Waals surface area (Å²) in [5, 5.41) is 0. The summed E-state index contributed by atoms with van der Waals surface area (Å²) >= 11 is 0. The summed E-state index contributed by atoms with van der Waals surface area (Å²) in [5.41, 5.74) is 5.90. The Balaban J connectivity index is 1.94. The maximum atomic E-state index is 12.3. The third-order valence-electron chi connectivity index (χ3n) is 4.47. The molecule has 18 heavy (non-hydrogen) atoms. The number of piperidine rings is 1. The highest BCUT2D eigenvalue weighted by Crippen LogP contribution is 2.24. The van der Waals surface area contributed by atoms with Crippen molar-refractivity contribution in [3.8, 4) is 0 Å². The van der Waals surface area contributed by atoms with Crippen LogP contribution in [0.15, 0.2) is 0 Å². The molecule has 2 aliphatic rings. The molecule has 3 atom stereocenters. The second kappa shape index (κ2) is 6.02. The Labute approximate surface area is 110 Å². The van der Waals surface area contributed by atoms with Gasteiger partial charge in [0, 0.05) is 37.6 Å². The van der Waals surface area contributed by atoms with Gasteiger partial charge in [0.05, 0.1) is 0 Å². The molecule has 0 aromatic rings. The Hall–Kier alpha value is -0.610. The van der Waals surface area contributed by atoms with Gasteiger partial charge in [0.15, 0.2) is 0 Å². The molecule has 0 aliphatic carbocycles. The second-order valence-electron chi connectivity index (χ2n) is 5.91. The standard InChI is InChI=1S/C14H27N3O/c1-3-12(15)8-14(18)17-10-13-6-4-5-7-16(13)9-11(17)2/h11-13H,3-10,15H2,1-2H3. The van der Waals surface area contributed by atoms with E-state index in [1.54, 1.807) is 0 Å². The molecule has 4 heteroatoms. The molecule has 104 valence electrons. The SMILES string of the molecule is CCC(N)CC(=O)N1CC2CCCCN2CC1C. The number of amides is 1. The van der Waals surface area contributed by atoms with Gasteiger partial charge in [0.25, 0.3) is 0 Å². The molecular weight excluding hydrogens is 226 g/mol. The van der Waals surface area contributed by atoms with E-state index in [9.17, 15) is 4.79 Å². The maximum absolute atomic E-state index is 12.3. The van der Waals surface area contributed by atoms with Crippen molar-refractivity contribution in [3.05, 3.63) is 0 Å². The molecule has 2 fully saturated rings. The summed E-state index contributed by atoms with van der Waals surface area (Å²) in [4.78, 5) is 16.9. The number of fused-ring (bicyclic) bond motifs is 1. The fraction of sp³-hybridized carbons (Fsp3) is 0.929. The number of nitrogens with zero attached hydrogens (tertiary/aromatic N) is 2. The molecule has 0 spiro atoms. The summed E-state index contributed by atoms with van der Waals surface area (Å²) in [7, 11) is 0. The molecule has 0 bridgehead atoms. The van der Waals surface area contributed by atoms with Crippen molar-refractivity contribution < 1.29 is 4.79 Å². The van der Waals surface area contributed by atoms with Crippen molar-refractivity contribution in [1.82, 2.24) is 9.80 Å². The highest BCUT2D eigenvalue weighted by atomic mass is 16.2. The third kappa shape index (κ3) is 3.04. The van der Waals surface area contributed by atoms with Crippen LogP contribution in [0.2, 0.25) is 0 Å². The largest absolute Gasteiger partial charge is 0.337 e. The number of hydrogen-bond acceptors (Lipinski definition) is 3. The van der Waals surface area contributed by atoms with Gasteiger partial charge in [-0.05, 0) is 32.7 Å². The normalized spacial score (nSPS) is 30.9. The van der Waals surface area contributed by atoms with Crippen LogP contribution >= 0.6 is 0 Å². The summed E-state index contributed by atoms with van der Waals surface area (Å²) in [5.74, 6) is 0.252. The summed E-state index contributed by atoms with van der Waals surface area (Å²) in [6.07, 6.45) is 5.26. The molecule has 0 aromatic carbocycles. The molecule has 0 saturated carbocycles. The van der Waals surface area contributed by atoms with Gasteiger partial charge in [0.2, 0.25) is 5.91 Å². The van der Waals surface area contributed by atoms with Gasteiger partial charge in [0.1, 0.15) is 0 Å². The zero-order valence-electron chi connectivity index (χ0n) is 11.8. The van der Waals surface area contributed by atoms with Crippen LogP contribution in [-0.2, 0) is 4.79 Å². The lowest BCUT2D eigenvalue weighted by atomic mass is 9.96. The summed E-state index contributed by atoms with van der Waals surface area (Å²) in [6.45, 7) is 7.38. The van der Waals surface area contributed by atoms with Crippen LogP contribution in [0.1, 0.15) is 46.0 Å². The molecule has 4 nitrogen and oxygen atoms in total. The molecule has 0 aromatic heterocycles. The van der Waals surface area contributed by atoms with Crippen LogP contribution in [0.25, 0.3) is 0 Å². The lowest BCUT2D eigenvalue weighted by Crippen LogP contribution is -2.60. The molecule has 1 amide bonds. The van der Waals surface area contributed by atoms with Gasteiger partial charge < -0.3 is 10.6 Å². The Bertz CT molecular complexity index is 295. The third-order valence-corrected chi connectivity index (χ3v) is 4.47. The first-order valence-corrected chi connectivity index (χ1v) is 7.41. The van der Waals surface area contributed by atoms with Crippen molar-refractivity contribution in [1.29, 1.82) is 0 Å². The van der Waals surface area contributed by atoms with E-state index in [1.165, 1.54) is 25.8 Å². The fourth-order valence-electron chi connectivity index (χ4n) is 3.19. The topological polar surface area (TPSA) is 49.6 Å². The van der Waals surface area contributed by atoms with Crippen LogP contribution < -0.4 is 5.73 Å². The first-order valence-electron chi connectivity index (χ1n) is 7.41. The van der Waals surface area contributed by atoms with Crippen LogP contribution in [0.5, 0.6) is 0 Å². The molecular formula is C14H27N3O. The van der Waals surface area contributed by atoms with Gasteiger partial charge in [-0.25, -0.2) is 0 Å². The number of piperazine rings is 1. The molecule has 2 saturated heterocycles. The molecule has 0 radical (unpaired) electrons. The van der Waals surface area contributed by atoms with Crippen molar-refractivity contribution in [2.24, 2.45) is 5.73 Å². The predicted molar refractivity (Wildman–Crippen MR) is 73.3 cm³/mol. The number of carbonyl (C=O) groups excluding carboxylic acids is 1. The van der Waals surface area contributed by atoms with Crippen molar-refractivity contribution in [2.75, 3.05) is 19.6 Å². The summed E-state index contributed by atoms with van der Waals surface area (Å²) in [6, 6.07) is 0.960. The van der Waals surface area contributed by atoms with Gasteiger partial charge in [-0.3, -0.25) is 9.69 Å². The van der Waals surface area contributed by atoms with Gasteiger partial charge in [-0.1, -0.05) is 13.3 Å². The monoisotopic (exact) mass is 253 g/mol. The molecule has 2 rings (SSSR count). The van der Waals surface area contributed by atoms with E-state index >= 15 is 0 Å². The average molecular weight is 253 g/mol. The van der Waals surface area contributed by atoms with E-state index in [0.29, 0.717) is 18.5 Å². The zero-order chi connectivity index (χ0) is 13.1. The van der Waals surface area contributed by atoms with E-state index in [-0.39, 0.29) is 11.9 Å². The average Bonchev–Trinajstić information content (AvgIpc) is 2.37. The Morgan fingerprint density at radius 2 is 2.17 bits per heavy atom. The maximum Gasteiger partial charge on any atom is 0.224 e. The first-order chi connectivity index (χ1) is 8.61. The number of hydrogen-bond donors (Lipinski definition) is 1. The minimum atomic E-state index is 0.0223. The minimum Gasteiger partial charge on any atom is -0.337 e. The second-order valence-corrected chi connectivity index (χ2v) is 5.91. The number of nitrogens with two attached hydrogens (primary N) is 1. The Morgan fingerprint density at radius 1 is 1.39 bits per heavy atom. The van der Waals surface area contributed by atoms with Crippen LogP contribution in [0.4, 0.5) is 0 Å². The Kier molecular flexibility index (Phi) is 4.62. The molecule has 2 aliphatic heterocycles. The Morgan fingerprint density at radius 3 is 2.89 bits per heavy atom.